The molecule has 0 amide bonds. The molecule has 14 heavy (non-hydrogen) atoms. The number of aromatic carboxylic acids is 1. The van der Waals surface area contributed by atoms with Crippen LogP contribution in [0.3, 0.4) is 0 Å². The van der Waals surface area contributed by atoms with E-state index >= 15 is 0 Å². The van der Waals surface area contributed by atoms with Crippen LogP contribution in [0.25, 0.3) is 11.0 Å². The first-order valence-electron chi connectivity index (χ1n) is 4.32. The Kier molecular flexibility index (Phi) is 1.81. The summed E-state index contributed by atoms with van der Waals surface area (Å²) in [6.07, 6.45) is 0. The number of carbonyl (C=O) groups is 1. The molecule has 0 spiro atoms. The second kappa shape index (κ2) is 2.87. The second-order valence-corrected chi connectivity index (χ2v) is 3.30. The van der Waals surface area contributed by atoms with Crippen molar-refractivity contribution < 1.29 is 14.3 Å². The van der Waals surface area contributed by atoms with E-state index in [-0.39, 0.29) is 5.56 Å². The predicted molar refractivity (Wildman–Crippen MR) is 52.6 cm³/mol. The van der Waals surface area contributed by atoms with Crippen LogP contribution in [-0.4, -0.2) is 11.1 Å². The number of carboxylic acid groups (broad SMARTS) is 1. The molecule has 3 heteroatoms. The largest absolute Gasteiger partial charge is 0.478 e. The van der Waals surface area contributed by atoms with Gasteiger partial charge in [0.15, 0.2) is 0 Å². The molecule has 1 N–H and O–H groups in total. The van der Waals surface area contributed by atoms with Gasteiger partial charge in [-0.2, -0.15) is 0 Å². The molecule has 0 bridgehead atoms. The highest BCUT2D eigenvalue weighted by Crippen LogP contribution is 2.25. The Morgan fingerprint density at radius 1 is 1.36 bits per heavy atom. The average Bonchev–Trinajstić information content (AvgIpc) is 2.42. The minimum absolute atomic E-state index is 0.256. The van der Waals surface area contributed by atoms with Gasteiger partial charge in [-0.05, 0) is 37.6 Å². The normalized spacial score (nSPS) is 10.7. The molecule has 0 unspecified atom stereocenters. The zero-order valence-corrected chi connectivity index (χ0v) is 8.00. The summed E-state index contributed by atoms with van der Waals surface area (Å²) in [7, 11) is 0. The Morgan fingerprint density at radius 2 is 2.07 bits per heavy atom. The molecule has 0 radical (unpaired) electrons. The van der Waals surface area contributed by atoms with Crippen LogP contribution in [0.15, 0.2) is 22.6 Å². The summed E-state index contributed by atoms with van der Waals surface area (Å²) < 4.78 is 5.43. The molecule has 0 aliphatic heterocycles. The molecule has 1 aromatic heterocycles. The van der Waals surface area contributed by atoms with Crippen LogP contribution in [0.5, 0.6) is 0 Å². The predicted octanol–water partition coefficient (Wildman–Crippen LogP) is 2.75. The molecule has 2 aromatic rings. The van der Waals surface area contributed by atoms with E-state index in [4.69, 9.17) is 9.52 Å². The SMILES string of the molecule is Cc1oc2cc(C(=O)O)ccc2c1C. The lowest BCUT2D eigenvalue weighted by atomic mass is 10.1. The Balaban J connectivity index is 2.73. The summed E-state index contributed by atoms with van der Waals surface area (Å²) in [5.74, 6) is -0.0962. The quantitative estimate of drug-likeness (QED) is 0.752. The van der Waals surface area contributed by atoms with E-state index in [0.717, 1.165) is 16.7 Å². The minimum atomic E-state index is -0.932. The Morgan fingerprint density at radius 3 is 2.71 bits per heavy atom. The van der Waals surface area contributed by atoms with Crippen molar-refractivity contribution in [1.82, 2.24) is 0 Å². The van der Waals surface area contributed by atoms with Gasteiger partial charge in [0.1, 0.15) is 11.3 Å². The molecule has 0 saturated heterocycles. The minimum Gasteiger partial charge on any atom is -0.478 e. The van der Waals surface area contributed by atoms with E-state index in [2.05, 4.69) is 0 Å². The van der Waals surface area contributed by atoms with Gasteiger partial charge in [-0.15, -0.1) is 0 Å². The van der Waals surface area contributed by atoms with E-state index in [1.54, 1.807) is 18.2 Å². The molecule has 2 rings (SSSR count). The number of benzene rings is 1. The topological polar surface area (TPSA) is 50.4 Å². The van der Waals surface area contributed by atoms with Crippen LogP contribution < -0.4 is 0 Å². The highest BCUT2D eigenvalue weighted by molar-refractivity contribution is 5.93. The van der Waals surface area contributed by atoms with Gasteiger partial charge >= 0.3 is 5.97 Å². The van der Waals surface area contributed by atoms with Crippen LogP contribution in [0.2, 0.25) is 0 Å². The molecule has 0 fully saturated rings. The maximum absolute atomic E-state index is 10.7. The number of furan rings is 1. The van der Waals surface area contributed by atoms with Crippen molar-refractivity contribution in [2.24, 2.45) is 0 Å². The van der Waals surface area contributed by atoms with Crippen molar-refractivity contribution >= 4 is 16.9 Å². The van der Waals surface area contributed by atoms with Gasteiger partial charge in [-0.25, -0.2) is 4.79 Å². The summed E-state index contributed by atoms with van der Waals surface area (Å²) in [6, 6.07) is 4.93. The number of hydrogen-bond acceptors (Lipinski definition) is 2. The maximum Gasteiger partial charge on any atom is 0.335 e. The van der Waals surface area contributed by atoms with Gasteiger partial charge in [0.25, 0.3) is 0 Å². The maximum atomic E-state index is 10.7. The number of fused-ring (bicyclic) bond motifs is 1. The molecule has 1 aromatic carbocycles. The van der Waals surface area contributed by atoms with E-state index in [1.165, 1.54) is 0 Å². The van der Waals surface area contributed by atoms with Crippen molar-refractivity contribution in [3.63, 3.8) is 0 Å². The van der Waals surface area contributed by atoms with Crippen LogP contribution in [-0.2, 0) is 0 Å². The van der Waals surface area contributed by atoms with Crippen LogP contribution in [0.1, 0.15) is 21.7 Å². The Bertz CT molecular complexity index is 508. The van der Waals surface area contributed by atoms with Gasteiger partial charge in [0.2, 0.25) is 0 Å². The summed E-state index contributed by atoms with van der Waals surface area (Å²) >= 11 is 0. The van der Waals surface area contributed by atoms with Crippen molar-refractivity contribution in [2.45, 2.75) is 13.8 Å². The molecular weight excluding hydrogens is 180 g/mol. The highest BCUT2D eigenvalue weighted by atomic mass is 16.4. The van der Waals surface area contributed by atoms with Gasteiger partial charge < -0.3 is 9.52 Å². The molecule has 1 heterocycles. The van der Waals surface area contributed by atoms with Crippen molar-refractivity contribution in [3.05, 3.63) is 35.1 Å². The standard InChI is InChI=1S/C11H10O3/c1-6-7(2)14-10-5-8(11(12)13)3-4-9(6)10/h3-5H,1-2H3,(H,12,13). The van der Waals surface area contributed by atoms with Gasteiger partial charge in [0, 0.05) is 5.39 Å². The lowest BCUT2D eigenvalue weighted by molar-refractivity contribution is 0.0697. The van der Waals surface area contributed by atoms with Gasteiger partial charge in [-0.3, -0.25) is 0 Å². The number of aryl methyl sites for hydroxylation is 2. The molecule has 0 aliphatic carbocycles. The first kappa shape index (κ1) is 8.81. The molecule has 72 valence electrons. The third-order valence-corrected chi connectivity index (χ3v) is 2.42. The van der Waals surface area contributed by atoms with Crippen molar-refractivity contribution in [3.8, 4) is 0 Å². The Hall–Kier alpha value is -1.77. The third kappa shape index (κ3) is 1.18. The number of hydrogen-bond donors (Lipinski definition) is 1. The van der Waals surface area contributed by atoms with Crippen molar-refractivity contribution in [1.29, 1.82) is 0 Å². The van der Waals surface area contributed by atoms with E-state index in [9.17, 15) is 4.79 Å². The molecule has 0 saturated carbocycles. The zero-order chi connectivity index (χ0) is 10.3. The molecule has 0 atom stereocenters. The lowest BCUT2D eigenvalue weighted by Gasteiger charge is -1.93. The summed E-state index contributed by atoms with van der Waals surface area (Å²) in [5, 5.41) is 9.76. The summed E-state index contributed by atoms with van der Waals surface area (Å²) in [4.78, 5) is 10.7. The monoisotopic (exact) mass is 190 g/mol. The smallest absolute Gasteiger partial charge is 0.335 e. The van der Waals surface area contributed by atoms with Gasteiger partial charge in [-0.1, -0.05) is 0 Å². The number of rotatable bonds is 1. The van der Waals surface area contributed by atoms with E-state index in [0.29, 0.717) is 5.58 Å². The fourth-order valence-corrected chi connectivity index (χ4v) is 1.48. The first-order valence-corrected chi connectivity index (χ1v) is 4.32. The van der Waals surface area contributed by atoms with Crippen LogP contribution >= 0.6 is 0 Å². The molecular formula is C11H10O3. The zero-order valence-electron chi connectivity index (χ0n) is 8.00. The van der Waals surface area contributed by atoms with E-state index in [1.807, 2.05) is 13.8 Å². The highest BCUT2D eigenvalue weighted by Gasteiger charge is 2.09. The molecule has 3 nitrogen and oxygen atoms in total. The van der Waals surface area contributed by atoms with E-state index < -0.39 is 5.97 Å². The molecule has 0 aliphatic rings. The number of carboxylic acids is 1. The van der Waals surface area contributed by atoms with Crippen LogP contribution in [0, 0.1) is 13.8 Å². The summed E-state index contributed by atoms with van der Waals surface area (Å²) in [5.41, 5.74) is 1.96. The average molecular weight is 190 g/mol. The Labute approximate surface area is 81.0 Å². The van der Waals surface area contributed by atoms with Gasteiger partial charge in [0.05, 0.1) is 5.56 Å². The fourth-order valence-electron chi connectivity index (χ4n) is 1.48. The van der Waals surface area contributed by atoms with Crippen LogP contribution in [0.4, 0.5) is 0 Å². The fraction of sp³-hybridized carbons (Fsp3) is 0.182. The summed E-state index contributed by atoms with van der Waals surface area (Å²) in [6.45, 7) is 3.83. The van der Waals surface area contributed by atoms with Crippen molar-refractivity contribution in [2.75, 3.05) is 0 Å². The lowest BCUT2D eigenvalue weighted by Crippen LogP contribution is -1.94. The first-order chi connectivity index (χ1) is 6.59. The second-order valence-electron chi connectivity index (χ2n) is 3.30. The third-order valence-electron chi connectivity index (χ3n) is 2.42.